The average Bonchev–Trinajstić information content (AvgIpc) is 2.38. The van der Waals surface area contributed by atoms with Crippen LogP contribution in [-0.2, 0) is 4.79 Å². The first-order valence-corrected chi connectivity index (χ1v) is 7.08. The number of hydrogen-bond donors (Lipinski definition) is 2. The Hall–Kier alpha value is -1.04. The Morgan fingerprint density at radius 1 is 1.39 bits per heavy atom. The van der Waals surface area contributed by atoms with Gasteiger partial charge in [0.15, 0.2) is 0 Å². The van der Waals surface area contributed by atoms with Crippen LogP contribution in [0.4, 0.5) is 0 Å². The van der Waals surface area contributed by atoms with E-state index in [-0.39, 0.29) is 11.8 Å². The van der Waals surface area contributed by atoms with E-state index in [1.807, 2.05) is 44.4 Å². The van der Waals surface area contributed by atoms with Crippen molar-refractivity contribution in [2.75, 3.05) is 32.1 Å². The number of nitrogens with two attached hydrogens (primary N) is 1. The molecular formula is C13H21N3OS. The Kier molecular flexibility index (Phi) is 6.78. The highest BCUT2D eigenvalue weighted by Gasteiger charge is 2.19. The second-order valence-electron chi connectivity index (χ2n) is 4.35. The summed E-state index contributed by atoms with van der Waals surface area (Å²) in [6.07, 6.45) is 0. The zero-order chi connectivity index (χ0) is 13.4. The lowest BCUT2D eigenvalue weighted by Crippen LogP contribution is -2.35. The number of benzene rings is 1. The number of amides is 1. The molecule has 100 valence electrons. The van der Waals surface area contributed by atoms with Gasteiger partial charge in [0, 0.05) is 18.1 Å². The van der Waals surface area contributed by atoms with Crippen LogP contribution in [0.5, 0.6) is 0 Å². The SMILES string of the molecule is CN(C)CCSCC(C(=O)NN)c1ccccc1. The number of rotatable bonds is 7. The van der Waals surface area contributed by atoms with E-state index in [1.165, 1.54) is 0 Å². The highest BCUT2D eigenvalue weighted by atomic mass is 32.2. The monoisotopic (exact) mass is 267 g/mol. The van der Waals surface area contributed by atoms with Crippen LogP contribution in [0, 0.1) is 0 Å². The number of carbonyl (C=O) groups excluding carboxylic acids is 1. The smallest absolute Gasteiger partial charge is 0.242 e. The molecule has 0 radical (unpaired) electrons. The molecule has 1 aromatic rings. The van der Waals surface area contributed by atoms with Crippen molar-refractivity contribution in [3.63, 3.8) is 0 Å². The van der Waals surface area contributed by atoms with Gasteiger partial charge < -0.3 is 4.90 Å². The summed E-state index contributed by atoms with van der Waals surface area (Å²) >= 11 is 1.77. The summed E-state index contributed by atoms with van der Waals surface area (Å²) in [6, 6.07) is 9.76. The molecule has 18 heavy (non-hydrogen) atoms. The minimum atomic E-state index is -0.177. The number of hydrazine groups is 1. The maximum absolute atomic E-state index is 11.8. The molecule has 1 unspecified atom stereocenters. The molecule has 4 nitrogen and oxygen atoms in total. The van der Waals surface area contributed by atoms with E-state index in [0.717, 1.165) is 23.6 Å². The van der Waals surface area contributed by atoms with Crippen molar-refractivity contribution in [2.45, 2.75) is 5.92 Å². The van der Waals surface area contributed by atoms with E-state index in [9.17, 15) is 4.79 Å². The maximum atomic E-state index is 11.8. The molecule has 3 N–H and O–H groups in total. The fraction of sp³-hybridized carbons (Fsp3) is 0.462. The molecule has 0 heterocycles. The molecule has 1 aromatic carbocycles. The highest BCUT2D eigenvalue weighted by molar-refractivity contribution is 7.99. The van der Waals surface area contributed by atoms with Crippen molar-refractivity contribution < 1.29 is 4.79 Å². The summed E-state index contributed by atoms with van der Waals surface area (Å²) in [7, 11) is 4.09. The van der Waals surface area contributed by atoms with E-state index >= 15 is 0 Å². The molecule has 0 bridgehead atoms. The van der Waals surface area contributed by atoms with E-state index in [2.05, 4.69) is 10.3 Å². The Morgan fingerprint density at radius 3 is 2.61 bits per heavy atom. The van der Waals surface area contributed by atoms with Crippen LogP contribution in [0.1, 0.15) is 11.5 Å². The van der Waals surface area contributed by atoms with Gasteiger partial charge in [-0.3, -0.25) is 10.2 Å². The van der Waals surface area contributed by atoms with Crippen LogP contribution >= 0.6 is 11.8 Å². The van der Waals surface area contributed by atoms with Crippen LogP contribution in [-0.4, -0.2) is 43.0 Å². The third kappa shape index (κ3) is 5.08. The van der Waals surface area contributed by atoms with Crippen molar-refractivity contribution in [2.24, 2.45) is 5.84 Å². The molecule has 1 rings (SSSR count). The molecule has 1 atom stereocenters. The lowest BCUT2D eigenvalue weighted by molar-refractivity contribution is -0.122. The van der Waals surface area contributed by atoms with Gasteiger partial charge in [0.2, 0.25) is 5.91 Å². The number of thioether (sulfide) groups is 1. The molecule has 5 heteroatoms. The summed E-state index contributed by atoms with van der Waals surface area (Å²) in [5, 5.41) is 0. The summed E-state index contributed by atoms with van der Waals surface area (Å²) in [4.78, 5) is 13.9. The van der Waals surface area contributed by atoms with Gasteiger partial charge >= 0.3 is 0 Å². The third-order valence-corrected chi connectivity index (χ3v) is 3.67. The topological polar surface area (TPSA) is 58.4 Å². The van der Waals surface area contributed by atoms with Crippen molar-refractivity contribution in [1.29, 1.82) is 0 Å². The van der Waals surface area contributed by atoms with Crippen LogP contribution in [0.25, 0.3) is 0 Å². The molecule has 0 saturated carbocycles. The van der Waals surface area contributed by atoms with Gasteiger partial charge in [-0.25, -0.2) is 5.84 Å². The molecule has 0 aliphatic rings. The third-order valence-electron chi connectivity index (χ3n) is 2.63. The largest absolute Gasteiger partial charge is 0.309 e. The first-order valence-electron chi connectivity index (χ1n) is 5.93. The summed E-state index contributed by atoms with van der Waals surface area (Å²) < 4.78 is 0. The fourth-order valence-electron chi connectivity index (χ4n) is 1.56. The number of hydrogen-bond acceptors (Lipinski definition) is 4. The van der Waals surface area contributed by atoms with Gasteiger partial charge in [-0.05, 0) is 19.7 Å². The van der Waals surface area contributed by atoms with Crippen LogP contribution < -0.4 is 11.3 Å². The highest BCUT2D eigenvalue weighted by Crippen LogP contribution is 2.20. The number of carbonyl (C=O) groups is 1. The molecule has 0 spiro atoms. The molecule has 0 fully saturated rings. The Balaban J connectivity index is 2.55. The molecule has 0 aliphatic carbocycles. The standard InChI is InChI=1S/C13H21N3OS/c1-16(2)8-9-18-10-12(13(17)15-14)11-6-4-3-5-7-11/h3-7,12H,8-10,14H2,1-2H3,(H,15,17). The van der Waals surface area contributed by atoms with E-state index in [1.54, 1.807) is 11.8 Å². The Bertz CT molecular complexity index is 357. The molecule has 0 aromatic heterocycles. The number of nitrogens with zero attached hydrogens (tertiary/aromatic N) is 1. The lowest BCUT2D eigenvalue weighted by atomic mass is 10.0. The normalized spacial score (nSPS) is 12.4. The van der Waals surface area contributed by atoms with Gasteiger partial charge in [-0.15, -0.1) is 0 Å². The second kappa shape index (κ2) is 8.13. The van der Waals surface area contributed by atoms with Crippen molar-refractivity contribution in [3.8, 4) is 0 Å². The van der Waals surface area contributed by atoms with Gasteiger partial charge in [0.25, 0.3) is 0 Å². The first-order chi connectivity index (χ1) is 8.65. The molecular weight excluding hydrogens is 246 g/mol. The van der Waals surface area contributed by atoms with Gasteiger partial charge in [0.05, 0.1) is 5.92 Å². The van der Waals surface area contributed by atoms with E-state index in [0.29, 0.717) is 0 Å². The predicted molar refractivity (Wildman–Crippen MR) is 77.4 cm³/mol. The zero-order valence-electron chi connectivity index (χ0n) is 10.9. The summed E-state index contributed by atoms with van der Waals surface area (Å²) in [6.45, 7) is 1.01. The lowest BCUT2D eigenvalue weighted by Gasteiger charge is -2.16. The van der Waals surface area contributed by atoms with E-state index in [4.69, 9.17) is 5.84 Å². The van der Waals surface area contributed by atoms with Gasteiger partial charge in [0.1, 0.15) is 0 Å². The molecule has 0 saturated heterocycles. The van der Waals surface area contributed by atoms with Crippen LogP contribution in [0.2, 0.25) is 0 Å². The quantitative estimate of drug-likeness (QED) is 0.336. The minimum Gasteiger partial charge on any atom is -0.309 e. The van der Waals surface area contributed by atoms with Crippen LogP contribution in [0.15, 0.2) is 30.3 Å². The van der Waals surface area contributed by atoms with Crippen molar-refractivity contribution in [1.82, 2.24) is 10.3 Å². The van der Waals surface area contributed by atoms with Crippen molar-refractivity contribution >= 4 is 17.7 Å². The molecule has 0 aliphatic heterocycles. The first kappa shape index (κ1) is 15.0. The molecule has 1 amide bonds. The predicted octanol–water partition coefficient (Wildman–Crippen LogP) is 1.05. The summed E-state index contributed by atoms with van der Waals surface area (Å²) in [5.74, 6) is 6.70. The van der Waals surface area contributed by atoms with Gasteiger partial charge in [-0.2, -0.15) is 11.8 Å². The average molecular weight is 267 g/mol. The number of nitrogens with one attached hydrogen (secondary N) is 1. The maximum Gasteiger partial charge on any atom is 0.242 e. The van der Waals surface area contributed by atoms with Gasteiger partial charge in [-0.1, -0.05) is 30.3 Å². The Labute approximate surface area is 113 Å². The zero-order valence-corrected chi connectivity index (χ0v) is 11.7. The van der Waals surface area contributed by atoms with E-state index < -0.39 is 0 Å². The van der Waals surface area contributed by atoms with Crippen LogP contribution in [0.3, 0.4) is 0 Å². The Morgan fingerprint density at radius 2 is 2.06 bits per heavy atom. The minimum absolute atomic E-state index is 0.126. The second-order valence-corrected chi connectivity index (χ2v) is 5.50. The van der Waals surface area contributed by atoms with Crippen molar-refractivity contribution in [3.05, 3.63) is 35.9 Å². The summed E-state index contributed by atoms with van der Waals surface area (Å²) in [5.41, 5.74) is 3.26. The fourth-order valence-corrected chi connectivity index (χ4v) is 2.80.